The van der Waals surface area contributed by atoms with E-state index >= 15 is 0 Å². The van der Waals surface area contributed by atoms with Crippen LogP contribution in [0.25, 0.3) is 0 Å². The molecule has 1 heterocycles. The zero-order valence-electron chi connectivity index (χ0n) is 21.2. The van der Waals surface area contributed by atoms with Crippen molar-refractivity contribution in [3.63, 3.8) is 0 Å². The third-order valence-electron chi connectivity index (χ3n) is 6.63. The normalized spacial score (nSPS) is 29.4. The molecule has 7 nitrogen and oxygen atoms in total. The van der Waals surface area contributed by atoms with Crippen molar-refractivity contribution >= 4 is 28.0 Å². The van der Waals surface area contributed by atoms with E-state index in [9.17, 15) is 9.90 Å². The highest BCUT2D eigenvalue weighted by Gasteiger charge is 2.61. The number of ether oxygens (including phenoxy) is 3. The van der Waals surface area contributed by atoms with E-state index in [-0.39, 0.29) is 29.6 Å². The fourth-order valence-corrected chi connectivity index (χ4v) is 5.70. The van der Waals surface area contributed by atoms with Crippen LogP contribution < -0.4 is 5.32 Å². The van der Waals surface area contributed by atoms with E-state index in [1.165, 1.54) is 27.4 Å². The summed E-state index contributed by atoms with van der Waals surface area (Å²) in [6, 6.07) is -0.125. The lowest BCUT2D eigenvalue weighted by molar-refractivity contribution is -0.127. The SMILES string of the molecule is COC1C(OC(=O)NC(COSSC)CC(C)C)CCC2(CO2)C1C(C)C(O)CC=C(C)C. The lowest BCUT2D eigenvalue weighted by atomic mass is 9.68. The van der Waals surface area contributed by atoms with E-state index in [4.69, 9.17) is 18.4 Å². The molecule has 1 spiro atoms. The number of carbonyl (C=O) groups excluding carboxylic acids is 1. The molecule has 1 saturated carbocycles. The summed E-state index contributed by atoms with van der Waals surface area (Å²) >= 11 is 1.31. The van der Waals surface area contributed by atoms with Gasteiger partial charge < -0.3 is 28.8 Å². The number of nitrogens with one attached hydrogen (secondary N) is 1. The zero-order chi connectivity index (χ0) is 24.6. The van der Waals surface area contributed by atoms with E-state index in [2.05, 4.69) is 25.2 Å². The molecule has 1 saturated heterocycles. The smallest absolute Gasteiger partial charge is 0.407 e. The van der Waals surface area contributed by atoms with Gasteiger partial charge >= 0.3 is 6.09 Å². The third-order valence-corrected chi connectivity index (χ3v) is 7.70. The number of epoxide rings is 1. The topological polar surface area (TPSA) is 89.6 Å². The number of aliphatic hydroxyl groups is 1. The summed E-state index contributed by atoms with van der Waals surface area (Å²) in [4.78, 5) is 12.8. The molecule has 2 fully saturated rings. The molecule has 2 rings (SSSR count). The number of allylic oxidation sites excluding steroid dienone is 1. The van der Waals surface area contributed by atoms with Crippen LogP contribution in [0, 0.1) is 17.8 Å². The summed E-state index contributed by atoms with van der Waals surface area (Å²) in [6.07, 6.45) is 5.16. The van der Waals surface area contributed by atoms with Gasteiger partial charge in [-0.05, 0) is 57.6 Å². The van der Waals surface area contributed by atoms with Crippen molar-refractivity contribution in [2.45, 2.75) is 90.3 Å². The van der Waals surface area contributed by atoms with Gasteiger partial charge in [0.25, 0.3) is 0 Å². The summed E-state index contributed by atoms with van der Waals surface area (Å²) in [6.45, 7) is 11.4. The van der Waals surface area contributed by atoms with E-state index in [1.807, 2.05) is 27.0 Å². The molecule has 0 aromatic carbocycles. The molecule has 0 aromatic heterocycles. The molecule has 2 N–H and O–H groups in total. The molecule has 1 amide bonds. The Morgan fingerprint density at radius 1 is 1.33 bits per heavy atom. The quantitative estimate of drug-likeness (QED) is 0.119. The van der Waals surface area contributed by atoms with Crippen LogP contribution in [0.1, 0.15) is 60.3 Å². The largest absolute Gasteiger partial charge is 0.443 e. The number of aliphatic hydroxyl groups excluding tert-OH is 1. The lowest BCUT2D eigenvalue weighted by Crippen LogP contribution is -2.55. The molecule has 2 aliphatic rings. The molecular formula is C24H43NO6S2. The Morgan fingerprint density at radius 3 is 2.58 bits per heavy atom. The molecule has 33 heavy (non-hydrogen) atoms. The van der Waals surface area contributed by atoms with Gasteiger partial charge in [0, 0.05) is 13.0 Å². The molecular weight excluding hydrogens is 462 g/mol. The molecule has 0 bridgehead atoms. The Kier molecular flexibility index (Phi) is 11.9. The molecule has 0 radical (unpaired) electrons. The van der Waals surface area contributed by atoms with Gasteiger partial charge in [-0.15, -0.1) is 0 Å². The fourth-order valence-electron chi connectivity index (χ4n) is 4.92. The second kappa shape index (κ2) is 13.6. The molecule has 1 aliphatic carbocycles. The van der Waals surface area contributed by atoms with Crippen LogP contribution >= 0.6 is 21.9 Å². The van der Waals surface area contributed by atoms with Crippen molar-refractivity contribution in [1.82, 2.24) is 5.32 Å². The van der Waals surface area contributed by atoms with Crippen LogP contribution in [0.5, 0.6) is 0 Å². The van der Waals surface area contributed by atoms with Gasteiger partial charge in [0.1, 0.15) is 12.2 Å². The average molecular weight is 506 g/mol. The maximum Gasteiger partial charge on any atom is 0.407 e. The third kappa shape index (κ3) is 8.61. The molecule has 7 atom stereocenters. The van der Waals surface area contributed by atoms with Gasteiger partial charge in [-0.25, -0.2) is 4.79 Å². The number of carbonyl (C=O) groups is 1. The Bertz CT molecular complexity index is 638. The van der Waals surface area contributed by atoms with E-state index in [0.717, 1.165) is 12.8 Å². The van der Waals surface area contributed by atoms with Crippen molar-refractivity contribution in [2.24, 2.45) is 17.8 Å². The first kappa shape index (κ1) is 28.8. The van der Waals surface area contributed by atoms with Crippen molar-refractivity contribution in [2.75, 3.05) is 26.6 Å². The number of hydrogen-bond acceptors (Lipinski definition) is 8. The number of alkyl carbamates (subject to hydrolysis) is 1. The predicted molar refractivity (Wildman–Crippen MR) is 135 cm³/mol. The summed E-state index contributed by atoms with van der Waals surface area (Å²) in [5, 5.41) is 13.9. The first-order chi connectivity index (χ1) is 15.6. The molecule has 0 aromatic rings. The summed E-state index contributed by atoms with van der Waals surface area (Å²) < 4.78 is 23.3. The van der Waals surface area contributed by atoms with Crippen LogP contribution in [0.2, 0.25) is 0 Å². The van der Waals surface area contributed by atoms with Gasteiger partial charge in [0.15, 0.2) is 0 Å². The highest BCUT2D eigenvalue weighted by molar-refractivity contribution is 8.74. The first-order valence-corrected chi connectivity index (χ1v) is 14.4. The minimum Gasteiger partial charge on any atom is -0.443 e. The fraction of sp³-hybridized carbons (Fsp3) is 0.875. The van der Waals surface area contributed by atoms with Crippen LogP contribution in [0.4, 0.5) is 4.79 Å². The summed E-state index contributed by atoms with van der Waals surface area (Å²) in [5.74, 6) is 0.300. The van der Waals surface area contributed by atoms with E-state index < -0.39 is 18.3 Å². The van der Waals surface area contributed by atoms with Crippen molar-refractivity contribution in [1.29, 1.82) is 0 Å². The van der Waals surface area contributed by atoms with E-state index in [0.29, 0.717) is 32.0 Å². The number of amides is 1. The Balaban J connectivity index is 2.05. The molecule has 9 heteroatoms. The standard InChI is InChI=1S/C24H43NO6S2/c1-15(2)8-9-19(26)17(5)21-22(28-6)20(10-11-24(21)14-29-24)31-23(27)25-18(12-16(3)4)13-30-33-32-7/h8,16-22,26H,9-14H2,1-7H3,(H,25,27). The second-order valence-corrected chi connectivity index (χ2v) is 12.1. The predicted octanol–water partition coefficient (Wildman–Crippen LogP) is 4.99. The number of rotatable bonds is 13. The molecule has 7 unspecified atom stereocenters. The zero-order valence-corrected chi connectivity index (χ0v) is 22.8. The van der Waals surface area contributed by atoms with Gasteiger partial charge in [-0.2, -0.15) is 0 Å². The Morgan fingerprint density at radius 2 is 2.03 bits per heavy atom. The van der Waals surface area contributed by atoms with E-state index in [1.54, 1.807) is 7.11 Å². The van der Waals surface area contributed by atoms with Crippen LogP contribution in [0.15, 0.2) is 11.6 Å². The minimum atomic E-state index is -0.516. The number of hydrogen-bond donors (Lipinski definition) is 2. The molecule has 192 valence electrons. The second-order valence-electron chi connectivity index (χ2n) is 10.00. The highest BCUT2D eigenvalue weighted by Crippen LogP contribution is 2.51. The average Bonchev–Trinajstić information content (AvgIpc) is 3.52. The first-order valence-electron chi connectivity index (χ1n) is 11.9. The monoisotopic (exact) mass is 505 g/mol. The summed E-state index contributed by atoms with van der Waals surface area (Å²) in [5.41, 5.74) is 0.894. The maximum absolute atomic E-state index is 12.8. The van der Waals surface area contributed by atoms with Gasteiger partial charge in [-0.3, -0.25) is 0 Å². The van der Waals surface area contributed by atoms with Crippen LogP contribution in [0.3, 0.4) is 0 Å². The number of methoxy groups -OCH3 is 1. The van der Waals surface area contributed by atoms with Gasteiger partial charge in [0.2, 0.25) is 0 Å². The molecule has 1 aliphatic heterocycles. The van der Waals surface area contributed by atoms with Gasteiger partial charge in [0.05, 0.1) is 42.0 Å². The minimum absolute atomic E-state index is 0.0533. The van der Waals surface area contributed by atoms with Crippen LogP contribution in [-0.2, 0) is 18.4 Å². The lowest BCUT2D eigenvalue weighted by Gasteiger charge is -2.44. The maximum atomic E-state index is 12.8. The van der Waals surface area contributed by atoms with Gasteiger partial charge in [-0.1, -0.05) is 43.2 Å². The highest BCUT2D eigenvalue weighted by atomic mass is 33.1. The Hall–Kier alpha value is -0.450. The van der Waals surface area contributed by atoms with Crippen molar-refractivity contribution in [3.8, 4) is 0 Å². The van der Waals surface area contributed by atoms with Crippen molar-refractivity contribution < 1.29 is 28.3 Å². The van der Waals surface area contributed by atoms with Crippen molar-refractivity contribution in [3.05, 3.63) is 11.6 Å². The summed E-state index contributed by atoms with van der Waals surface area (Å²) in [7, 11) is 3.18. The Labute approximate surface area is 207 Å². The van der Waals surface area contributed by atoms with Crippen LogP contribution in [-0.4, -0.2) is 67.7 Å².